The van der Waals surface area contributed by atoms with Crippen molar-refractivity contribution < 1.29 is 24.6 Å². The average Bonchev–Trinajstić information content (AvgIpc) is 2.31. The highest BCUT2D eigenvalue weighted by Crippen LogP contribution is 2.15. The maximum absolute atomic E-state index is 11.9. The highest BCUT2D eigenvalue weighted by atomic mass is 16.4. The Hall–Kier alpha value is -1.59. The topological polar surface area (TPSA) is 94.9 Å². The van der Waals surface area contributed by atoms with Crippen molar-refractivity contribution in [3.8, 4) is 0 Å². The minimum atomic E-state index is -1.09. The van der Waals surface area contributed by atoms with Crippen molar-refractivity contribution in [1.29, 1.82) is 0 Å². The minimum Gasteiger partial charge on any atom is -0.481 e. The Bertz CT molecular complexity index is 340. The van der Waals surface area contributed by atoms with Crippen molar-refractivity contribution in [1.82, 2.24) is 4.90 Å². The van der Waals surface area contributed by atoms with Gasteiger partial charge in [0.15, 0.2) is 0 Å². The van der Waals surface area contributed by atoms with Crippen LogP contribution in [-0.2, 0) is 14.4 Å². The molecule has 0 aliphatic heterocycles. The predicted octanol–water partition coefficient (Wildman–Crippen LogP) is 1.44. The summed E-state index contributed by atoms with van der Waals surface area (Å²) in [5.74, 6) is -3.14. The molecule has 2 atom stereocenters. The van der Waals surface area contributed by atoms with Gasteiger partial charge in [-0.2, -0.15) is 0 Å². The Labute approximate surface area is 113 Å². The zero-order valence-electron chi connectivity index (χ0n) is 11.9. The molecule has 0 aliphatic carbocycles. The van der Waals surface area contributed by atoms with E-state index in [4.69, 9.17) is 5.11 Å². The van der Waals surface area contributed by atoms with Crippen LogP contribution in [0.25, 0.3) is 0 Å². The van der Waals surface area contributed by atoms with E-state index in [2.05, 4.69) is 0 Å². The van der Waals surface area contributed by atoms with Gasteiger partial charge in [-0.05, 0) is 12.3 Å². The lowest BCUT2D eigenvalue weighted by Gasteiger charge is -2.31. The summed E-state index contributed by atoms with van der Waals surface area (Å²) in [6, 6.07) is -0.964. The van der Waals surface area contributed by atoms with E-state index in [0.717, 1.165) is 0 Å². The van der Waals surface area contributed by atoms with Crippen LogP contribution in [0.4, 0.5) is 0 Å². The summed E-state index contributed by atoms with van der Waals surface area (Å²) in [5.41, 5.74) is 0. The first-order valence-electron chi connectivity index (χ1n) is 6.45. The Morgan fingerprint density at radius 3 is 1.89 bits per heavy atom. The zero-order valence-corrected chi connectivity index (χ0v) is 11.9. The first kappa shape index (κ1) is 17.4. The number of carboxylic acids is 2. The molecule has 0 fully saturated rings. The second-order valence-electron chi connectivity index (χ2n) is 5.12. The summed E-state index contributed by atoms with van der Waals surface area (Å²) in [7, 11) is 0. The van der Waals surface area contributed by atoms with E-state index in [9.17, 15) is 19.5 Å². The number of carboxylic acid groups (broad SMARTS) is 2. The lowest BCUT2D eigenvalue weighted by molar-refractivity contribution is -0.153. The number of amides is 1. The molecular formula is C13H23NO5. The highest BCUT2D eigenvalue weighted by molar-refractivity contribution is 5.84. The molecule has 0 aromatic rings. The molecule has 0 radical (unpaired) electrons. The van der Waals surface area contributed by atoms with Crippen LogP contribution in [0, 0.1) is 11.8 Å². The van der Waals surface area contributed by atoms with E-state index in [1.807, 2.05) is 13.8 Å². The van der Waals surface area contributed by atoms with E-state index in [0.29, 0.717) is 6.42 Å². The fourth-order valence-corrected chi connectivity index (χ4v) is 1.79. The van der Waals surface area contributed by atoms with Crippen LogP contribution in [0.15, 0.2) is 0 Å². The maximum Gasteiger partial charge on any atom is 0.326 e. The molecule has 0 rings (SSSR count). The maximum atomic E-state index is 11.9. The Balaban J connectivity index is 5.12. The number of aliphatic carboxylic acids is 2. The van der Waals surface area contributed by atoms with E-state index < -0.39 is 23.9 Å². The number of carbonyl (C=O) groups is 3. The van der Waals surface area contributed by atoms with Crippen LogP contribution in [-0.4, -0.2) is 45.5 Å². The monoisotopic (exact) mass is 273 g/mol. The molecule has 1 amide bonds. The molecule has 0 bridgehead atoms. The second kappa shape index (κ2) is 7.76. The zero-order chi connectivity index (χ0) is 15.2. The molecule has 6 heteroatoms. The molecule has 0 heterocycles. The van der Waals surface area contributed by atoms with Crippen molar-refractivity contribution >= 4 is 17.8 Å². The third-order valence-electron chi connectivity index (χ3n) is 2.87. The highest BCUT2D eigenvalue weighted by Gasteiger charge is 2.31. The fraction of sp³-hybridized carbons (Fsp3) is 0.769. The molecular weight excluding hydrogens is 250 g/mol. The van der Waals surface area contributed by atoms with Crippen LogP contribution in [0.3, 0.4) is 0 Å². The molecule has 0 aromatic heterocycles. The van der Waals surface area contributed by atoms with Gasteiger partial charge in [-0.3, -0.25) is 9.59 Å². The number of rotatable bonds is 8. The molecule has 19 heavy (non-hydrogen) atoms. The van der Waals surface area contributed by atoms with Gasteiger partial charge in [0, 0.05) is 13.0 Å². The first-order chi connectivity index (χ1) is 8.70. The average molecular weight is 273 g/mol. The molecule has 2 N–H and O–H groups in total. The van der Waals surface area contributed by atoms with Crippen LogP contribution < -0.4 is 0 Å². The van der Waals surface area contributed by atoms with Crippen molar-refractivity contribution in [3.05, 3.63) is 0 Å². The SMILES string of the molecule is CCC(=O)N(CC(C)C(=O)O)C(CC(C)C)C(=O)O. The summed E-state index contributed by atoms with van der Waals surface area (Å²) >= 11 is 0. The Morgan fingerprint density at radius 1 is 1.05 bits per heavy atom. The van der Waals surface area contributed by atoms with Gasteiger partial charge in [-0.25, -0.2) is 4.79 Å². The molecule has 0 aliphatic rings. The van der Waals surface area contributed by atoms with Crippen LogP contribution in [0.2, 0.25) is 0 Å². The predicted molar refractivity (Wildman–Crippen MR) is 69.7 cm³/mol. The lowest BCUT2D eigenvalue weighted by atomic mass is 10.0. The molecule has 110 valence electrons. The number of carbonyl (C=O) groups excluding carboxylic acids is 1. The lowest BCUT2D eigenvalue weighted by Crippen LogP contribution is -2.48. The minimum absolute atomic E-state index is 0.0777. The smallest absolute Gasteiger partial charge is 0.326 e. The largest absolute Gasteiger partial charge is 0.481 e. The van der Waals surface area contributed by atoms with Gasteiger partial charge in [0.1, 0.15) is 6.04 Å². The van der Waals surface area contributed by atoms with Gasteiger partial charge >= 0.3 is 11.9 Å². The van der Waals surface area contributed by atoms with Crippen LogP contribution in [0.5, 0.6) is 0 Å². The second-order valence-corrected chi connectivity index (χ2v) is 5.12. The van der Waals surface area contributed by atoms with E-state index in [1.54, 1.807) is 6.92 Å². The number of nitrogens with zero attached hydrogens (tertiary/aromatic N) is 1. The normalized spacial score (nSPS) is 13.9. The van der Waals surface area contributed by atoms with Crippen molar-refractivity contribution in [3.63, 3.8) is 0 Å². The van der Waals surface area contributed by atoms with E-state index >= 15 is 0 Å². The van der Waals surface area contributed by atoms with Crippen molar-refractivity contribution in [2.24, 2.45) is 11.8 Å². The summed E-state index contributed by atoms with van der Waals surface area (Å²) in [5, 5.41) is 18.1. The molecule has 2 unspecified atom stereocenters. The summed E-state index contributed by atoms with van der Waals surface area (Å²) < 4.78 is 0. The third-order valence-corrected chi connectivity index (χ3v) is 2.87. The van der Waals surface area contributed by atoms with Crippen LogP contribution in [0.1, 0.15) is 40.5 Å². The van der Waals surface area contributed by atoms with Crippen molar-refractivity contribution in [2.75, 3.05) is 6.54 Å². The third kappa shape index (κ3) is 5.72. The van der Waals surface area contributed by atoms with Crippen molar-refractivity contribution in [2.45, 2.75) is 46.6 Å². The molecule has 0 spiro atoms. The van der Waals surface area contributed by atoms with Gasteiger partial charge in [0.2, 0.25) is 5.91 Å². The van der Waals surface area contributed by atoms with E-state index in [1.165, 1.54) is 11.8 Å². The fourth-order valence-electron chi connectivity index (χ4n) is 1.79. The van der Waals surface area contributed by atoms with Gasteiger partial charge in [-0.1, -0.05) is 27.7 Å². The number of hydrogen-bond acceptors (Lipinski definition) is 3. The standard InChI is InChI=1S/C13H23NO5/c1-5-11(15)14(7-9(4)12(16)17)10(13(18)19)6-8(2)3/h8-10H,5-7H2,1-4H3,(H,16,17)(H,18,19). The summed E-state index contributed by atoms with van der Waals surface area (Å²) in [6.45, 7) is 6.75. The van der Waals surface area contributed by atoms with Gasteiger partial charge in [0.25, 0.3) is 0 Å². The van der Waals surface area contributed by atoms with E-state index in [-0.39, 0.29) is 24.8 Å². The molecule has 6 nitrogen and oxygen atoms in total. The molecule has 0 saturated heterocycles. The van der Waals surface area contributed by atoms with Crippen LogP contribution >= 0.6 is 0 Å². The van der Waals surface area contributed by atoms with Gasteiger partial charge < -0.3 is 15.1 Å². The number of hydrogen-bond donors (Lipinski definition) is 2. The summed E-state index contributed by atoms with van der Waals surface area (Å²) in [4.78, 5) is 35.2. The Morgan fingerprint density at radius 2 is 1.58 bits per heavy atom. The van der Waals surface area contributed by atoms with Gasteiger partial charge in [0.05, 0.1) is 5.92 Å². The first-order valence-corrected chi connectivity index (χ1v) is 6.45. The molecule has 0 aromatic carbocycles. The quantitative estimate of drug-likeness (QED) is 0.698. The Kier molecular flexibility index (Phi) is 7.11. The van der Waals surface area contributed by atoms with Gasteiger partial charge in [-0.15, -0.1) is 0 Å². The molecule has 0 saturated carbocycles. The summed E-state index contributed by atoms with van der Waals surface area (Å²) in [6.07, 6.45) is 0.474.